The summed E-state index contributed by atoms with van der Waals surface area (Å²) in [6.07, 6.45) is 1.93. The van der Waals surface area contributed by atoms with E-state index >= 15 is 0 Å². The highest BCUT2D eigenvalue weighted by Gasteiger charge is 2.10. The highest BCUT2D eigenvalue weighted by atomic mass is 16.3. The normalized spacial score (nSPS) is 13.5. The second kappa shape index (κ2) is 5.79. The Morgan fingerprint density at radius 3 is 2.36 bits per heavy atom. The summed E-state index contributed by atoms with van der Waals surface area (Å²) in [5.74, 6) is -0.0829. The van der Waals surface area contributed by atoms with Gasteiger partial charge in [0, 0.05) is 23.1 Å². The first kappa shape index (κ1) is 14.0. The molecule has 0 aliphatic carbocycles. The van der Waals surface area contributed by atoms with Gasteiger partial charge in [-0.1, -0.05) is 0 Å². The van der Waals surface area contributed by atoms with Crippen molar-refractivity contribution in [2.45, 2.75) is 6.92 Å². The van der Waals surface area contributed by atoms with Crippen molar-refractivity contribution in [1.29, 1.82) is 0 Å². The predicted octanol–water partition coefficient (Wildman–Crippen LogP) is 2.33. The highest BCUT2D eigenvalue weighted by molar-refractivity contribution is 6.04. The van der Waals surface area contributed by atoms with Gasteiger partial charge in [-0.05, 0) is 55.5 Å². The third kappa shape index (κ3) is 3.02. The first-order valence-electron chi connectivity index (χ1n) is 6.81. The molecule has 0 saturated heterocycles. The van der Waals surface area contributed by atoms with Crippen LogP contribution < -0.4 is 21.3 Å². The molecule has 0 unspecified atom stereocenters. The van der Waals surface area contributed by atoms with Crippen molar-refractivity contribution in [3.05, 3.63) is 66.0 Å². The Balaban J connectivity index is 1.68. The molecule has 1 aliphatic rings. The average Bonchev–Trinajstić information content (AvgIpc) is 2.95. The number of nitrogens with one attached hydrogen (secondary N) is 3. The Bertz CT molecular complexity index is 708. The molecule has 22 heavy (non-hydrogen) atoms. The maximum absolute atomic E-state index is 12.1. The van der Waals surface area contributed by atoms with E-state index in [4.69, 9.17) is 0 Å². The summed E-state index contributed by atoms with van der Waals surface area (Å²) in [4.78, 5) is 12.1. The van der Waals surface area contributed by atoms with Crippen molar-refractivity contribution in [1.82, 2.24) is 11.0 Å². The summed E-state index contributed by atoms with van der Waals surface area (Å²) in [6, 6.07) is 13.6. The van der Waals surface area contributed by atoms with Crippen LogP contribution in [0.5, 0.6) is 5.75 Å². The number of phenolic OH excluding ortho intramolecular Hbond substituents is 1. The van der Waals surface area contributed by atoms with Crippen molar-refractivity contribution in [3.8, 4) is 5.75 Å². The van der Waals surface area contributed by atoms with E-state index in [0.29, 0.717) is 11.3 Å². The van der Waals surface area contributed by atoms with Gasteiger partial charge >= 0.3 is 0 Å². The zero-order valence-corrected chi connectivity index (χ0v) is 12.0. The number of rotatable bonds is 3. The van der Waals surface area contributed by atoms with Gasteiger partial charge in [0.05, 0.1) is 5.69 Å². The van der Waals surface area contributed by atoms with Gasteiger partial charge in [0.25, 0.3) is 5.91 Å². The number of hydrogen-bond donors (Lipinski definition) is 4. The van der Waals surface area contributed by atoms with Crippen LogP contribution in [0.2, 0.25) is 0 Å². The number of anilines is 2. The van der Waals surface area contributed by atoms with Crippen LogP contribution in [0.3, 0.4) is 0 Å². The van der Waals surface area contributed by atoms with Gasteiger partial charge in [0.1, 0.15) is 5.75 Å². The Hall–Kier alpha value is -2.99. The van der Waals surface area contributed by atoms with Crippen LogP contribution in [0, 0.1) is 0 Å². The smallest absolute Gasteiger partial charge is 0.255 e. The molecule has 0 bridgehead atoms. The van der Waals surface area contributed by atoms with Crippen molar-refractivity contribution in [3.63, 3.8) is 0 Å². The van der Waals surface area contributed by atoms with Crippen LogP contribution in [-0.2, 0) is 0 Å². The van der Waals surface area contributed by atoms with E-state index in [9.17, 15) is 9.90 Å². The number of phenols is 1. The van der Waals surface area contributed by atoms with Crippen molar-refractivity contribution < 1.29 is 9.90 Å². The molecule has 0 spiro atoms. The molecule has 0 atom stereocenters. The molecule has 1 heterocycles. The standard InChI is InChI=1S/C16H16N4O2/c1-11-10-20(19-18-11)14-6-4-13(5-7-14)17-16(22)12-2-8-15(21)9-3-12/h2-10,18-19,21H,1H3,(H,17,22). The molecule has 1 amide bonds. The maximum atomic E-state index is 12.1. The van der Waals surface area contributed by atoms with Gasteiger partial charge < -0.3 is 15.8 Å². The minimum absolute atomic E-state index is 0.135. The molecule has 6 heteroatoms. The molecule has 0 aromatic heterocycles. The van der Waals surface area contributed by atoms with Crippen molar-refractivity contribution in [2.24, 2.45) is 0 Å². The average molecular weight is 296 g/mol. The highest BCUT2D eigenvalue weighted by Crippen LogP contribution is 2.19. The van der Waals surface area contributed by atoms with Crippen LogP contribution in [0.25, 0.3) is 0 Å². The van der Waals surface area contributed by atoms with E-state index in [-0.39, 0.29) is 11.7 Å². The lowest BCUT2D eigenvalue weighted by molar-refractivity contribution is 0.102. The Morgan fingerprint density at radius 1 is 1.09 bits per heavy atom. The number of aromatic hydroxyl groups is 1. The monoisotopic (exact) mass is 296 g/mol. The lowest BCUT2D eigenvalue weighted by Crippen LogP contribution is -2.36. The van der Waals surface area contributed by atoms with Crippen LogP contribution in [0.4, 0.5) is 11.4 Å². The zero-order chi connectivity index (χ0) is 15.5. The summed E-state index contributed by atoms with van der Waals surface area (Å²) in [6.45, 7) is 1.96. The number of allylic oxidation sites excluding steroid dienone is 1. The van der Waals surface area contributed by atoms with Crippen LogP contribution >= 0.6 is 0 Å². The first-order valence-corrected chi connectivity index (χ1v) is 6.81. The lowest BCUT2D eigenvalue weighted by Gasteiger charge is -2.15. The number of benzene rings is 2. The van der Waals surface area contributed by atoms with E-state index in [2.05, 4.69) is 16.3 Å². The van der Waals surface area contributed by atoms with E-state index in [1.165, 1.54) is 12.1 Å². The van der Waals surface area contributed by atoms with E-state index in [0.717, 1.165) is 11.4 Å². The fourth-order valence-electron chi connectivity index (χ4n) is 2.07. The van der Waals surface area contributed by atoms with Gasteiger partial charge in [-0.2, -0.15) is 0 Å². The van der Waals surface area contributed by atoms with Gasteiger partial charge in [-0.25, -0.2) is 0 Å². The summed E-state index contributed by atoms with van der Waals surface area (Å²) < 4.78 is 0. The Labute approximate surface area is 128 Å². The zero-order valence-electron chi connectivity index (χ0n) is 12.0. The number of nitrogens with zero attached hydrogens (tertiary/aromatic N) is 1. The lowest BCUT2D eigenvalue weighted by atomic mass is 10.2. The minimum atomic E-state index is -0.218. The molecule has 0 saturated carbocycles. The minimum Gasteiger partial charge on any atom is -0.508 e. The third-order valence-corrected chi connectivity index (χ3v) is 3.23. The van der Waals surface area contributed by atoms with Crippen LogP contribution in [0.15, 0.2) is 60.4 Å². The second-order valence-corrected chi connectivity index (χ2v) is 4.97. The maximum Gasteiger partial charge on any atom is 0.255 e. The SMILES string of the molecule is CC1=CN(c2ccc(NC(=O)c3ccc(O)cc3)cc2)NN1. The van der Waals surface area contributed by atoms with Gasteiger partial charge in [0.2, 0.25) is 0 Å². The van der Waals surface area contributed by atoms with E-state index in [1.807, 2.05) is 42.4 Å². The summed E-state index contributed by atoms with van der Waals surface area (Å²) >= 11 is 0. The van der Waals surface area contributed by atoms with Crippen LogP contribution in [-0.4, -0.2) is 11.0 Å². The summed E-state index contributed by atoms with van der Waals surface area (Å²) in [5.41, 5.74) is 9.15. The van der Waals surface area contributed by atoms with Crippen molar-refractivity contribution >= 4 is 17.3 Å². The third-order valence-electron chi connectivity index (χ3n) is 3.23. The summed E-state index contributed by atoms with van der Waals surface area (Å²) in [7, 11) is 0. The molecule has 3 rings (SSSR count). The quantitative estimate of drug-likeness (QED) is 0.699. The Morgan fingerprint density at radius 2 is 1.77 bits per heavy atom. The molecule has 1 aliphatic heterocycles. The molecule has 6 nitrogen and oxygen atoms in total. The molecule has 2 aromatic carbocycles. The molecular weight excluding hydrogens is 280 g/mol. The van der Waals surface area contributed by atoms with Crippen molar-refractivity contribution in [2.75, 3.05) is 10.3 Å². The molecular formula is C16H16N4O2. The molecule has 0 fully saturated rings. The van der Waals surface area contributed by atoms with E-state index < -0.39 is 0 Å². The molecule has 0 radical (unpaired) electrons. The molecule has 2 aromatic rings. The number of carbonyl (C=O) groups is 1. The fourth-order valence-corrected chi connectivity index (χ4v) is 2.07. The van der Waals surface area contributed by atoms with Gasteiger partial charge in [0.15, 0.2) is 0 Å². The first-order chi connectivity index (χ1) is 10.6. The van der Waals surface area contributed by atoms with Crippen LogP contribution in [0.1, 0.15) is 17.3 Å². The Kier molecular flexibility index (Phi) is 3.67. The topological polar surface area (TPSA) is 76.6 Å². The van der Waals surface area contributed by atoms with Gasteiger partial charge in [-0.15, -0.1) is 5.53 Å². The number of hydrazine groups is 2. The number of amides is 1. The van der Waals surface area contributed by atoms with E-state index in [1.54, 1.807) is 12.1 Å². The van der Waals surface area contributed by atoms with Gasteiger partial charge in [-0.3, -0.25) is 9.80 Å². The largest absolute Gasteiger partial charge is 0.508 e. The predicted molar refractivity (Wildman–Crippen MR) is 85.0 cm³/mol. The fraction of sp³-hybridized carbons (Fsp3) is 0.0625. The number of hydrogen-bond acceptors (Lipinski definition) is 5. The molecule has 4 N–H and O–H groups in total. The number of carbonyl (C=O) groups excluding carboxylic acids is 1. The molecule has 112 valence electrons. The second-order valence-electron chi connectivity index (χ2n) is 4.97. The summed E-state index contributed by atoms with van der Waals surface area (Å²) in [5, 5.41) is 13.9.